The summed E-state index contributed by atoms with van der Waals surface area (Å²) in [7, 11) is 0. The number of piperidine rings is 1. The summed E-state index contributed by atoms with van der Waals surface area (Å²) >= 11 is 0. The van der Waals surface area contributed by atoms with Crippen LogP contribution < -0.4 is 0 Å². The molecular weight excluding hydrogens is 240 g/mol. The molecule has 2 bridgehead atoms. The van der Waals surface area contributed by atoms with Crippen LogP contribution in [0.2, 0.25) is 0 Å². The Morgan fingerprint density at radius 3 is 2.68 bits per heavy atom. The maximum Gasteiger partial charge on any atom is 0.209 e. The van der Waals surface area contributed by atoms with Crippen LogP contribution in [0.25, 0.3) is 11.1 Å². The summed E-state index contributed by atoms with van der Waals surface area (Å²) in [5.41, 5.74) is 1.80. The highest BCUT2D eigenvalue weighted by molar-refractivity contribution is 5.72. The fourth-order valence-corrected chi connectivity index (χ4v) is 3.65. The molecule has 1 N–H and O–H groups in total. The Labute approximate surface area is 112 Å². The molecule has 1 aromatic heterocycles. The van der Waals surface area contributed by atoms with Gasteiger partial charge in [0.15, 0.2) is 5.58 Å². The SMILES string of the molecule is OC1CC2CCC(C1)N2Cc1nc2ccccc2o1. The number of aliphatic hydroxyl groups excluding tert-OH is 1. The Morgan fingerprint density at radius 1 is 1.21 bits per heavy atom. The summed E-state index contributed by atoms with van der Waals surface area (Å²) in [6, 6.07) is 8.90. The van der Waals surface area contributed by atoms with Gasteiger partial charge in [0.1, 0.15) is 5.52 Å². The van der Waals surface area contributed by atoms with Gasteiger partial charge in [-0.05, 0) is 37.8 Å². The third kappa shape index (κ3) is 1.95. The molecule has 2 aliphatic rings. The first kappa shape index (κ1) is 11.4. The second kappa shape index (κ2) is 4.32. The first-order valence-electron chi connectivity index (χ1n) is 7.08. The zero-order valence-electron chi connectivity index (χ0n) is 10.8. The second-order valence-electron chi connectivity index (χ2n) is 5.76. The Kier molecular flexibility index (Phi) is 2.60. The van der Waals surface area contributed by atoms with Crippen LogP contribution in [0.15, 0.2) is 28.7 Å². The summed E-state index contributed by atoms with van der Waals surface area (Å²) in [6.07, 6.45) is 4.08. The monoisotopic (exact) mass is 258 g/mol. The summed E-state index contributed by atoms with van der Waals surface area (Å²) in [4.78, 5) is 7.02. The van der Waals surface area contributed by atoms with Crippen molar-refractivity contribution < 1.29 is 9.52 Å². The van der Waals surface area contributed by atoms with Crippen molar-refractivity contribution in [3.8, 4) is 0 Å². The van der Waals surface area contributed by atoms with Crippen LogP contribution in [0.4, 0.5) is 0 Å². The first-order valence-corrected chi connectivity index (χ1v) is 7.08. The van der Waals surface area contributed by atoms with E-state index in [1.54, 1.807) is 0 Å². The topological polar surface area (TPSA) is 49.5 Å². The number of para-hydroxylation sites is 2. The number of oxazole rings is 1. The molecule has 19 heavy (non-hydrogen) atoms. The Balaban J connectivity index is 1.58. The zero-order valence-corrected chi connectivity index (χ0v) is 10.8. The van der Waals surface area contributed by atoms with Gasteiger partial charge in [0, 0.05) is 12.1 Å². The van der Waals surface area contributed by atoms with E-state index >= 15 is 0 Å². The van der Waals surface area contributed by atoms with Gasteiger partial charge in [-0.1, -0.05) is 12.1 Å². The van der Waals surface area contributed by atoms with Gasteiger partial charge in [0.2, 0.25) is 5.89 Å². The highest BCUT2D eigenvalue weighted by Gasteiger charge is 2.40. The average molecular weight is 258 g/mol. The third-order valence-corrected chi connectivity index (χ3v) is 4.52. The number of rotatable bonds is 2. The van der Waals surface area contributed by atoms with Crippen molar-refractivity contribution in [3.05, 3.63) is 30.2 Å². The van der Waals surface area contributed by atoms with E-state index < -0.39 is 0 Å². The third-order valence-electron chi connectivity index (χ3n) is 4.52. The minimum atomic E-state index is -0.114. The lowest BCUT2D eigenvalue weighted by molar-refractivity contribution is 0.0269. The lowest BCUT2D eigenvalue weighted by Crippen LogP contribution is -2.44. The van der Waals surface area contributed by atoms with Crippen LogP contribution in [0, 0.1) is 0 Å². The van der Waals surface area contributed by atoms with Crippen molar-refractivity contribution in [3.63, 3.8) is 0 Å². The zero-order chi connectivity index (χ0) is 12.8. The molecule has 0 spiro atoms. The van der Waals surface area contributed by atoms with E-state index in [0.717, 1.165) is 36.4 Å². The molecule has 0 saturated carbocycles. The van der Waals surface area contributed by atoms with E-state index in [9.17, 15) is 5.11 Å². The molecule has 2 fully saturated rings. The number of benzene rings is 1. The van der Waals surface area contributed by atoms with Crippen LogP contribution in [0.1, 0.15) is 31.6 Å². The van der Waals surface area contributed by atoms with E-state index in [1.807, 2.05) is 24.3 Å². The van der Waals surface area contributed by atoms with Gasteiger partial charge in [0.25, 0.3) is 0 Å². The molecule has 2 aliphatic heterocycles. The fourth-order valence-electron chi connectivity index (χ4n) is 3.65. The van der Waals surface area contributed by atoms with E-state index in [-0.39, 0.29) is 6.10 Å². The molecule has 0 aliphatic carbocycles. The van der Waals surface area contributed by atoms with Gasteiger partial charge in [-0.3, -0.25) is 4.90 Å². The standard InChI is InChI=1S/C15H18N2O2/c18-12-7-10-5-6-11(8-12)17(10)9-15-16-13-3-1-2-4-14(13)19-15/h1-4,10-12,18H,5-9H2. The van der Waals surface area contributed by atoms with Gasteiger partial charge in [-0.15, -0.1) is 0 Å². The van der Waals surface area contributed by atoms with Crippen molar-refractivity contribution in [2.45, 2.75) is 50.4 Å². The molecule has 2 aromatic rings. The molecular formula is C15H18N2O2. The molecule has 2 unspecified atom stereocenters. The molecule has 4 heteroatoms. The van der Waals surface area contributed by atoms with Crippen molar-refractivity contribution in [2.24, 2.45) is 0 Å². The normalized spacial score (nSPS) is 31.1. The predicted octanol–water partition coefficient (Wildman–Crippen LogP) is 2.32. The van der Waals surface area contributed by atoms with Gasteiger partial charge >= 0.3 is 0 Å². The van der Waals surface area contributed by atoms with Crippen LogP contribution in [-0.2, 0) is 6.54 Å². The summed E-state index contributed by atoms with van der Waals surface area (Å²) in [5.74, 6) is 0.800. The minimum absolute atomic E-state index is 0.114. The smallest absolute Gasteiger partial charge is 0.209 e. The van der Waals surface area contributed by atoms with E-state index in [0.29, 0.717) is 12.1 Å². The Hall–Kier alpha value is -1.39. The Bertz CT molecular complexity index is 548. The van der Waals surface area contributed by atoms with Crippen molar-refractivity contribution in [2.75, 3.05) is 0 Å². The molecule has 4 rings (SSSR count). The summed E-state index contributed by atoms with van der Waals surface area (Å²) < 4.78 is 5.81. The maximum atomic E-state index is 9.82. The van der Waals surface area contributed by atoms with Gasteiger partial charge in [-0.25, -0.2) is 4.98 Å². The molecule has 0 amide bonds. The van der Waals surface area contributed by atoms with Crippen molar-refractivity contribution >= 4 is 11.1 Å². The first-order chi connectivity index (χ1) is 9.29. The van der Waals surface area contributed by atoms with Crippen LogP contribution in [0.3, 0.4) is 0 Å². The molecule has 2 saturated heterocycles. The molecule has 2 atom stereocenters. The number of nitrogens with zero attached hydrogens (tertiary/aromatic N) is 2. The van der Waals surface area contributed by atoms with Gasteiger partial charge < -0.3 is 9.52 Å². The van der Waals surface area contributed by atoms with Crippen molar-refractivity contribution in [1.29, 1.82) is 0 Å². The number of aromatic nitrogens is 1. The molecule has 100 valence electrons. The molecule has 0 radical (unpaired) electrons. The van der Waals surface area contributed by atoms with E-state index in [2.05, 4.69) is 9.88 Å². The molecule has 4 nitrogen and oxygen atoms in total. The number of hydrogen-bond donors (Lipinski definition) is 1. The second-order valence-corrected chi connectivity index (χ2v) is 5.76. The molecule has 1 aromatic carbocycles. The van der Waals surface area contributed by atoms with Crippen molar-refractivity contribution in [1.82, 2.24) is 9.88 Å². The summed E-state index contributed by atoms with van der Waals surface area (Å²) in [5, 5.41) is 9.82. The fraction of sp³-hybridized carbons (Fsp3) is 0.533. The maximum absolute atomic E-state index is 9.82. The van der Waals surface area contributed by atoms with E-state index in [4.69, 9.17) is 4.42 Å². The highest BCUT2D eigenvalue weighted by Crippen LogP contribution is 2.36. The quantitative estimate of drug-likeness (QED) is 0.898. The number of fused-ring (bicyclic) bond motifs is 3. The Morgan fingerprint density at radius 2 is 1.95 bits per heavy atom. The van der Waals surface area contributed by atoms with E-state index in [1.165, 1.54) is 12.8 Å². The van der Waals surface area contributed by atoms with Crippen LogP contribution in [0.5, 0.6) is 0 Å². The number of hydrogen-bond acceptors (Lipinski definition) is 4. The van der Waals surface area contributed by atoms with Crippen LogP contribution >= 0.6 is 0 Å². The highest BCUT2D eigenvalue weighted by atomic mass is 16.3. The van der Waals surface area contributed by atoms with Crippen LogP contribution in [-0.4, -0.2) is 33.2 Å². The lowest BCUT2D eigenvalue weighted by atomic mass is 10.00. The molecule has 3 heterocycles. The lowest BCUT2D eigenvalue weighted by Gasteiger charge is -2.36. The largest absolute Gasteiger partial charge is 0.439 e. The minimum Gasteiger partial charge on any atom is -0.439 e. The average Bonchev–Trinajstić information content (AvgIpc) is 2.90. The number of aliphatic hydroxyl groups is 1. The van der Waals surface area contributed by atoms with Gasteiger partial charge in [0.05, 0.1) is 12.6 Å². The van der Waals surface area contributed by atoms with Gasteiger partial charge in [-0.2, -0.15) is 0 Å². The predicted molar refractivity (Wildman–Crippen MR) is 71.6 cm³/mol. The summed E-state index contributed by atoms with van der Waals surface area (Å²) in [6.45, 7) is 0.775.